The second-order valence-electron chi connectivity index (χ2n) is 2.79. The Morgan fingerprint density at radius 3 is 2.79 bits per heavy atom. The maximum atomic E-state index is 13.0. The van der Waals surface area contributed by atoms with E-state index in [0.29, 0.717) is 5.02 Å². The Labute approximate surface area is 84.7 Å². The Morgan fingerprint density at radius 1 is 1.57 bits per heavy atom. The second-order valence-corrected chi connectivity index (χ2v) is 3.23. The predicted molar refractivity (Wildman–Crippen MR) is 48.8 cm³/mol. The van der Waals surface area contributed by atoms with Gasteiger partial charge in [0.25, 0.3) is 0 Å². The lowest BCUT2D eigenvalue weighted by Crippen LogP contribution is -2.22. The van der Waals surface area contributed by atoms with Crippen LogP contribution in [0.5, 0.6) is 0 Å². The van der Waals surface area contributed by atoms with Gasteiger partial charge in [0.1, 0.15) is 5.82 Å². The molecule has 1 atom stereocenters. The van der Waals surface area contributed by atoms with Crippen LogP contribution in [-0.2, 0) is 11.2 Å². The summed E-state index contributed by atoms with van der Waals surface area (Å²) in [5, 5.41) is 17.7. The lowest BCUT2D eigenvalue weighted by atomic mass is 10.1. The van der Waals surface area contributed by atoms with Gasteiger partial charge in [0.2, 0.25) is 0 Å². The van der Waals surface area contributed by atoms with E-state index in [2.05, 4.69) is 0 Å². The van der Waals surface area contributed by atoms with Gasteiger partial charge in [-0.25, -0.2) is 9.18 Å². The molecule has 2 N–H and O–H groups in total. The van der Waals surface area contributed by atoms with E-state index in [1.807, 2.05) is 0 Å². The number of rotatable bonds is 3. The summed E-state index contributed by atoms with van der Waals surface area (Å²) < 4.78 is 13.0. The summed E-state index contributed by atoms with van der Waals surface area (Å²) >= 11 is 5.58. The lowest BCUT2D eigenvalue weighted by molar-refractivity contribution is -0.146. The van der Waals surface area contributed by atoms with Crippen LogP contribution in [0.4, 0.5) is 4.39 Å². The molecule has 76 valence electrons. The Hall–Kier alpha value is -1.13. The minimum atomic E-state index is -1.61. The molecule has 0 saturated carbocycles. The Kier molecular flexibility index (Phi) is 3.43. The summed E-state index contributed by atoms with van der Waals surface area (Å²) in [4.78, 5) is 10.3. The van der Waals surface area contributed by atoms with Gasteiger partial charge in [-0.1, -0.05) is 11.6 Å². The van der Waals surface area contributed by atoms with Crippen molar-refractivity contribution < 1.29 is 19.4 Å². The number of hydrogen-bond donors (Lipinski definition) is 2. The minimum absolute atomic E-state index is 0.0902. The molecule has 0 aromatic heterocycles. The van der Waals surface area contributed by atoms with Crippen LogP contribution in [0.1, 0.15) is 5.56 Å². The first-order valence-corrected chi connectivity index (χ1v) is 4.23. The van der Waals surface area contributed by atoms with Gasteiger partial charge in [0.15, 0.2) is 6.10 Å². The molecule has 0 spiro atoms. The van der Waals surface area contributed by atoms with Crippen LogP contribution >= 0.6 is 11.6 Å². The van der Waals surface area contributed by atoms with E-state index in [9.17, 15) is 9.18 Å². The summed E-state index contributed by atoms with van der Waals surface area (Å²) in [5.41, 5.74) is 0.0902. The van der Waals surface area contributed by atoms with Crippen LogP contribution in [0, 0.1) is 5.82 Å². The van der Waals surface area contributed by atoms with Crippen molar-refractivity contribution in [1.29, 1.82) is 0 Å². The highest BCUT2D eigenvalue weighted by molar-refractivity contribution is 6.30. The van der Waals surface area contributed by atoms with E-state index in [1.54, 1.807) is 0 Å². The van der Waals surface area contributed by atoms with Gasteiger partial charge in [-0.2, -0.15) is 0 Å². The normalized spacial score (nSPS) is 12.5. The first kappa shape index (κ1) is 10.9. The number of halogens is 2. The first-order valence-electron chi connectivity index (χ1n) is 3.85. The van der Waals surface area contributed by atoms with Crippen molar-refractivity contribution in [3.8, 4) is 0 Å². The zero-order valence-electron chi connectivity index (χ0n) is 7.08. The average molecular weight is 219 g/mol. The quantitative estimate of drug-likeness (QED) is 0.808. The molecule has 3 nitrogen and oxygen atoms in total. The third-order valence-electron chi connectivity index (χ3n) is 1.71. The molecule has 0 heterocycles. The lowest BCUT2D eigenvalue weighted by Gasteiger charge is -2.06. The van der Waals surface area contributed by atoms with E-state index < -0.39 is 17.9 Å². The van der Waals surface area contributed by atoms with Gasteiger partial charge in [-0.3, -0.25) is 0 Å². The number of carboxylic acids is 1. The topological polar surface area (TPSA) is 57.5 Å². The monoisotopic (exact) mass is 218 g/mol. The summed E-state index contributed by atoms with van der Waals surface area (Å²) in [6.07, 6.45) is -1.90. The maximum Gasteiger partial charge on any atom is 0.332 e. The van der Waals surface area contributed by atoms with Crippen LogP contribution in [0.15, 0.2) is 18.2 Å². The summed E-state index contributed by atoms with van der Waals surface area (Å²) in [6.45, 7) is 0. The van der Waals surface area contributed by atoms with Crippen molar-refractivity contribution >= 4 is 17.6 Å². The molecule has 1 aromatic carbocycles. The molecule has 14 heavy (non-hydrogen) atoms. The number of benzene rings is 1. The SMILES string of the molecule is O=C(O)C(O)Cc1cc(Cl)ccc1F. The average Bonchev–Trinajstić information content (AvgIpc) is 2.11. The van der Waals surface area contributed by atoms with Gasteiger partial charge in [0.05, 0.1) is 0 Å². The summed E-state index contributed by atoms with van der Waals surface area (Å²) in [5.74, 6) is -1.96. The number of carbonyl (C=O) groups is 1. The fraction of sp³-hybridized carbons (Fsp3) is 0.222. The van der Waals surface area contributed by atoms with Crippen LogP contribution < -0.4 is 0 Å². The molecule has 0 aliphatic carbocycles. The fourth-order valence-corrected chi connectivity index (χ4v) is 1.19. The number of aliphatic hydroxyl groups is 1. The molecule has 5 heteroatoms. The number of aliphatic carboxylic acids is 1. The van der Waals surface area contributed by atoms with E-state index in [0.717, 1.165) is 6.07 Å². The zero-order chi connectivity index (χ0) is 10.7. The number of aliphatic hydroxyl groups excluding tert-OH is 1. The van der Waals surface area contributed by atoms with Crippen molar-refractivity contribution in [2.75, 3.05) is 0 Å². The molecule has 1 unspecified atom stereocenters. The van der Waals surface area contributed by atoms with Gasteiger partial charge in [0, 0.05) is 11.4 Å². The smallest absolute Gasteiger partial charge is 0.332 e. The van der Waals surface area contributed by atoms with Crippen molar-refractivity contribution in [3.05, 3.63) is 34.6 Å². The highest BCUT2D eigenvalue weighted by Gasteiger charge is 2.16. The Bertz CT molecular complexity index is 354. The third kappa shape index (κ3) is 2.68. The highest BCUT2D eigenvalue weighted by Crippen LogP contribution is 2.16. The Morgan fingerprint density at radius 2 is 2.21 bits per heavy atom. The van der Waals surface area contributed by atoms with E-state index in [1.165, 1.54) is 12.1 Å². The molecule has 1 aromatic rings. The van der Waals surface area contributed by atoms with Crippen molar-refractivity contribution in [3.63, 3.8) is 0 Å². The molecule has 0 radical (unpaired) electrons. The highest BCUT2D eigenvalue weighted by atomic mass is 35.5. The van der Waals surface area contributed by atoms with Crippen LogP contribution in [0.25, 0.3) is 0 Å². The van der Waals surface area contributed by atoms with E-state index >= 15 is 0 Å². The molecule has 0 bridgehead atoms. The molecule has 0 aliphatic rings. The van der Waals surface area contributed by atoms with Crippen molar-refractivity contribution in [2.24, 2.45) is 0 Å². The fourth-order valence-electron chi connectivity index (χ4n) is 0.995. The standard InChI is InChI=1S/C9H8ClFO3/c10-6-1-2-7(11)5(3-6)4-8(12)9(13)14/h1-3,8,12H,4H2,(H,13,14). The van der Waals surface area contributed by atoms with Gasteiger partial charge < -0.3 is 10.2 Å². The van der Waals surface area contributed by atoms with Crippen LogP contribution in [-0.4, -0.2) is 22.3 Å². The van der Waals surface area contributed by atoms with Crippen LogP contribution in [0.2, 0.25) is 5.02 Å². The third-order valence-corrected chi connectivity index (χ3v) is 1.94. The molecular formula is C9H8ClFO3. The van der Waals surface area contributed by atoms with Gasteiger partial charge >= 0.3 is 5.97 Å². The molecule has 0 saturated heterocycles. The summed E-state index contributed by atoms with van der Waals surface area (Å²) in [6, 6.07) is 3.78. The van der Waals surface area contributed by atoms with E-state index in [4.69, 9.17) is 21.8 Å². The van der Waals surface area contributed by atoms with Gasteiger partial charge in [-0.05, 0) is 23.8 Å². The maximum absolute atomic E-state index is 13.0. The largest absolute Gasteiger partial charge is 0.479 e. The van der Waals surface area contributed by atoms with E-state index in [-0.39, 0.29) is 12.0 Å². The minimum Gasteiger partial charge on any atom is -0.479 e. The molecule has 0 amide bonds. The number of hydrogen-bond acceptors (Lipinski definition) is 2. The first-order chi connectivity index (χ1) is 6.50. The van der Waals surface area contributed by atoms with Crippen molar-refractivity contribution in [1.82, 2.24) is 0 Å². The number of carboxylic acid groups (broad SMARTS) is 1. The molecule has 0 aliphatic heterocycles. The van der Waals surface area contributed by atoms with Crippen molar-refractivity contribution in [2.45, 2.75) is 12.5 Å². The summed E-state index contributed by atoms with van der Waals surface area (Å²) in [7, 11) is 0. The zero-order valence-corrected chi connectivity index (χ0v) is 7.83. The van der Waals surface area contributed by atoms with Crippen LogP contribution in [0.3, 0.4) is 0 Å². The second kappa shape index (κ2) is 4.39. The Balaban J connectivity index is 2.85. The molecular weight excluding hydrogens is 211 g/mol. The van der Waals surface area contributed by atoms with Gasteiger partial charge in [-0.15, -0.1) is 0 Å². The predicted octanol–water partition coefficient (Wildman–Crippen LogP) is 1.47. The molecule has 1 rings (SSSR count). The molecule has 0 fully saturated rings.